The monoisotopic (exact) mass is 621 g/mol. The van der Waals surface area contributed by atoms with Gasteiger partial charge >= 0.3 is 17.9 Å². The summed E-state index contributed by atoms with van der Waals surface area (Å²) >= 11 is 0. The zero-order chi connectivity index (χ0) is 33.4. The first-order valence-electron chi connectivity index (χ1n) is 16.2. The van der Waals surface area contributed by atoms with E-state index in [1.165, 1.54) is 0 Å². The van der Waals surface area contributed by atoms with Crippen molar-refractivity contribution in [3.05, 3.63) is 0 Å². The molecule has 0 spiro atoms. The van der Waals surface area contributed by atoms with E-state index >= 15 is 0 Å². The van der Waals surface area contributed by atoms with Gasteiger partial charge in [0.2, 0.25) is 0 Å². The topological polar surface area (TPSA) is 137 Å². The van der Waals surface area contributed by atoms with Crippen LogP contribution < -0.4 is 5.32 Å². The third-order valence-corrected chi connectivity index (χ3v) is 10.8. The van der Waals surface area contributed by atoms with Crippen molar-refractivity contribution < 1.29 is 39.0 Å². The maximum Gasteiger partial charge on any atom is 0.311 e. The molecule has 0 aromatic heterocycles. The van der Waals surface area contributed by atoms with Gasteiger partial charge in [-0.25, -0.2) is 0 Å². The lowest BCUT2D eigenvalue weighted by Gasteiger charge is -2.37. The summed E-state index contributed by atoms with van der Waals surface area (Å²) in [4.78, 5) is 40.6. The lowest BCUT2D eigenvalue weighted by Crippen LogP contribution is -2.49. The first-order valence-corrected chi connectivity index (χ1v) is 16.2. The van der Waals surface area contributed by atoms with Crippen LogP contribution in [0.2, 0.25) is 0 Å². The van der Waals surface area contributed by atoms with Crippen molar-refractivity contribution in [2.45, 2.75) is 173 Å². The van der Waals surface area contributed by atoms with Crippen LogP contribution in [-0.2, 0) is 39.0 Å². The predicted octanol–water partition coefficient (Wildman–Crippen LogP) is 4.52. The molecule has 3 saturated heterocycles. The summed E-state index contributed by atoms with van der Waals surface area (Å²) in [6.45, 7) is 22.3. The summed E-state index contributed by atoms with van der Waals surface area (Å²) < 4.78 is 18.2. The fourth-order valence-electron chi connectivity index (χ4n) is 8.60. The van der Waals surface area contributed by atoms with E-state index in [1.54, 1.807) is 27.7 Å². The molecule has 0 amide bonds. The van der Waals surface area contributed by atoms with E-state index in [2.05, 4.69) is 19.2 Å². The highest BCUT2D eigenvalue weighted by Gasteiger charge is 2.58. The molecule has 3 aliphatic heterocycles. The van der Waals surface area contributed by atoms with Crippen molar-refractivity contribution in [3.63, 3.8) is 0 Å². The SMILES string of the molecule is CC1(C)CC(C(=O)OC2CC(OC(=O)C3CC(C)(C)N([O])C3(C)C)CC(OC(=O)C3CC(C)(C)N([O])C3(C)C)C2)C(C)(C)N1. The summed E-state index contributed by atoms with van der Waals surface area (Å²) in [6, 6.07) is 0. The summed E-state index contributed by atoms with van der Waals surface area (Å²) in [7, 11) is 0. The normalized spacial score (nSPS) is 37.0. The number of hydrogen-bond acceptors (Lipinski definition) is 9. The minimum absolute atomic E-state index is 0.232. The highest BCUT2D eigenvalue weighted by molar-refractivity contribution is 5.76. The van der Waals surface area contributed by atoms with Gasteiger partial charge in [0.25, 0.3) is 0 Å². The highest BCUT2D eigenvalue weighted by atomic mass is 16.6. The number of rotatable bonds is 6. The van der Waals surface area contributed by atoms with Gasteiger partial charge in [0.1, 0.15) is 18.3 Å². The number of carbonyl (C=O) groups excluding carboxylic acids is 3. The fraction of sp³-hybridized carbons (Fsp3) is 0.909. The van der Waals surface area contributed by atoms with Gasteiger partial charge in [0.05, 0.1) is 28.8 Å². The van der Waals surface area contributed by atoms with Gasteiger partial charge in [-0.2, -0.15) is 0 Å². The van der Waals surface area contributed by atoms with Crippen molar-refractivity contribution in [1.29, 1.82) is 0 Å². The van der Waals surface area contributed by atoms with Crippen LogP contribution in [0.1, 0.15) is 122 Å². The van der Waals surface area contributed by atoms with Gasteiger partial charge in [-0.1, -0.05) is 0 Å². The number of ether oxygens (including phenoxy) is 3. The molecule has 5 unspecified atom stereocenters. The van der Waals surface area contributed by atoms with Gasteiger partial charge in [-0.05, 0) is 102 Å². The van der Waals surface area contributed by atoms with Crippen LogP contribution in [0.3, 0.4) is 0 Å². The molecule has 1 aliphatic carbocycles. The molecule has 2 radical (unpaired) electrons. The molecule has 250 valence electrons. The number of esters is 3. The van der Waals surface area contributed by atoms with E-state index in [4.69, 9.17) is 14.2 Å². The van der Waals surface area contributed by atoms with Crippen molar-refractivity contribution in [3.8, 4) is 0 Å². The Balaban J connectivity index is 1.52. The van der Waals surface area contributed by atoms with Gasteiger partial charge in [-0.3, -0.25) is 14.4 Å². The molecule has 1 N–H and O–H groups in total. The van der Waals surface area contributed by atoms with E-state index in [0.717, 1.165) is 10.1 Å². The Morgan fingerprint density at radius 3 is 1.11 bits per heavy atom. The van der Waals surface area contributed by atoms with Crippen molar-refractivity contribution in [2.24, 2.45) is 17.8 Å². The minimum Gasteiger partial charge on any atom is -0.462 e. The average Bonchev–Trinajstić information content (AvgIpc) is 3.27. The van der Waals surface area contributed by atoms with Crippen molar-refractivity contribution in [1.82, 2.24) is 15.4 Å². The molecule has 44 heavy (non-hydrogen) atoms. The fourth-order valence-corrected chi connectivity index (χ4v) is 8.60. The Morgan fingerprint density at radius 1 is 0.545 bits per heavy atom. The van der Waals surface area contributed by atoms with E-state index < -0.39 is 69.8 Å². The van der Waals surface area contributed by atoms with Crippen LogP contribution in [0.15, 0.2) is 0 Å². The van der Waals surface area contributed by atoms with E-state index in [0.29, 0.717) is 19.3 Å². The van der Waals surface area contributed by atoms with Crippen LogP contribution in [0.4, 0.5) is 0 Å². The smallest absolute Gasteiger partial charge is 0.311 e. The molecule has 0 aromatic rings. The lowest BCUT2D eigenvalue weighted by molar-refractivity contribution is -0.249. The first kappa shape index (κ1) is 35.1. The van der Waals surface area contributed by atoms with E-state index in [1.807, 2.05) is 41.5 Å². The number of nitrogens with zero attached hydrogens (tertiary/aromatic N) is 2. The second kappa shape index (κ2) is 11.2. The van der Waals surface area contributed by atoms with Gasteiger partial charge < -0.3 is 19.5 Å². The Morgan fingerprint density at radius 2 is 0.864 bits per heavy atom. The zero-order valence-corrected chi connectivity index (χ0v) is 28.9. The molecule has 0 aromatic carbocycles. The van der Waals surface area contributed by atoms with Crippen LogP contribution in [0.25, 0.3) is 0 Å². The molecule has 4 aliphatic rings. The van der Waals surface area contributed by atoms with E-state index in [-0.39, 0.29) is 36.7 Å². The van der Waals surface area contributed by atoms with E-state index in [9.17, 15) is 24.8 Å². The average molecular weight is 622 g/mol. The lowest BCUT2D eigenvalue weighted by atomic mass is 9.85. The molecular weight excluding hydrogens is 566 g/mol. The Kier molecular flexibility index (Phi) is 8.91. The largest absolute Gasteiger partial charge is 0.462 e. The molecule has 4 fully saturated rings. The standard InChI is InChI=1S/C33H55N3O8/c1-28(2)16-22(31(7,8)34-28)25(37)42-19-13-20(43-26(38)23-17-29(3,4)35(40)32(23,9)10)15-21(14-19)44-27(39)24-18-30(5,6)36(41)33(24,11)12/h19-24,34H,13-18H2,1-12H3. The third kappa shape index (κ3) is 6.54. The van der Waals surface area contributed by atoms with Crippen LogP contribution in [0.5, 0.6) is 0 Å². The highest BCUT2D eigenvalue weighted by Crippen LogP contribution is 2.46. The third-order valence-electron chi connectivity index (χ3n) is 10.8. The first-order chi connectivity index (χ1) is 19.8. The summed E-state index contributed by atoms with van der Waals surface area (Å²) in [5, 5.41) is 31.3. The second-order valence-electron chi connectivity index (χ2n) is 17.4. The molecule has 5 atom stereocenters. The minimum atomic E-state index is -0.952. The van der Waals surface area contributed by atoms with Gasteiger partial charge in [0, 0.05) is 41.4 Å². The maximum absolute atomic E-state index is 13.5. The molecule has 1 saturated carbocycles. The zero-order valence-electron chi connectivity index (χ0n) is 28.9. The molecule has 3 heterocycles. The Hall–Kier alpha value is -1.79. The molecule has 11 heteroatoms. The molecule has 11 nitrogen and oxygen atoms in total. The quantitative estimate of drug-likeness (QED) is 0.335. The number of carbonyl (C=O) groups is 3. The summed E-state index contributed by atoms with van der Waals surface area (Å²) in [6.07, 6.45) is 0.0892. The van der Waals surface area contributed by atoms with Crippen LogP contribution in [-0.4, -0.2) is 79.6 Å². The number of hydroxylamine groups is 4. The van der Waals surface area contributed by atoms with Crippen molar-refractivity contribution in [2.75, 3.05) is 0 Å². The summed E-state index contributed by atoms with van der Waals surface area (Å²) in [5.74, 6) is -2.96. The maximum atomic E-state index is 13.5. The number of nitrogens with one attached hydrogen (secondary N) is 1. The number of hydrogen-bond donors (Lipinski definition) is 1. The molecule has 4 rings (SSSR count). The Bertz CT molecular complexity index is 1080. The second-order valence-corrected chi connectivity index (χ2v) is 17.4. The molecule has 0 bridgehead atoms. The molecular formula is C33H55N3O8. The Labute approximate surface area is 263 Å². The predicted molar refractivity (Wildman–Crippen MR) is 160 cm³/mol. The van der Waals surface area contributed by atoms with Crippen LogP contribution >= 0.6 is 0 Å². The van der Waals surface area contributed by atoms with Crippen LogP contribution in [0, 0.1) is 17.8 Å². The summed E-state index contributed by atoms with van der Waals surface area (Å²) in [5.41, 5.74) is -4.04. The van der Waals surface area contributed by atoms with Crippen molar-refractivity contribution >= 4 is 17.9 Å². The van der Waals surface area contributed by atoms with Gasteiger partial charge in [-0.15, -0.1) is 20.5 Å². The van der Waals surface area contributed by atoms with Gasteiger partial charge in [0.15, 0.2) is 0 Å².